The highest BCUT2D eigenvalue weighted by Gasteiger charge is 2.12. The van der Waals surface area contributed by atoms with Gasteiger partial charge >= 0.3 is 0 Å². The van der Waals surface area contributed by atoms with Gasteiger partial charge in [-0.15, -0.1) is 0 Å². The first-order valence-electron chi connectivity index (χ1n) is 5.29. The van der Waals surface area contributed by atoms with Gasteiger partial charge in [0.15, 0.2) is 0 Å². The monoisotopic (exact) mass is 301 g/mol. The molecule has 94 valence electrons. The number of halogens is 3. The lowest BCUT2D eigenvalue weighted by atomic mass is 10.0. The van der Waals surface area contributed by atoms with E-state index >= 15 is 0 Å². The van der Waals surface area contributed by atoms with Crippen LogP contribution < -0.4 is 0 Å². The number of rotatable bonds is 3. The Balaban J connectivity index is 2.19. The molecule has 18 heavy (non-hydrogen) atoms. The quantitative estimate of drug-likeness (QED) is 0.916. The molecule has 0 amide bonds. The summed E-state index contributed by atoms with van der Waals surface area (Å²) in [4.78, 5) is 3.88. The maximum atomic E-state index is 10.1. The van der Waals surface area contributed by atoms with Crippen LogP contribution in [0.3, 0.4) is 0 Å². The summed E-state index contributed by atoms with van der Waals surface area (Å²) in [7, 11) is 0. The molecule has 0 saturated carbocycles. The Hall–Kier alpha value is -0.800. The van der Waals surface area contributed by atoms with Crippen LogP contribution in [0.2, 0.25) is 15.1 Å². The van der Waals surface area contributed by atoms with Gasteiger partial charge < -0.3 is 5.11 Å². The van der Waals surface area contributed by atoms with Gasteiger partial charge in [0.05, 0.1) is 21.2 Å². The second-order valence-corrected chi connectivity index (χ2v) is 5.09. The number of aromatic nitrogens is 1. The normalized spacial score (nSPS) is 12.4. The van der Waals surface area contributed by atoms with Gasteiger partial charge in [0.1, 0.15) is 0 Å². The van der Waals surface area contributed by atoms with Crippen LogP contribution in [-0.4, -0.2) is 10.1 Å². The molecule has 1 aromatic heterocycles. The highest BCUT2D eigenvalue weighted by molar-refractivity contribution is 6.42. The smallest absolute Gasteiger partial charge is 0.0845 e. The van der Waals surface area contributed by atoms with Crippen molar-refractivity contribution in [3.05, 3.63) is 62.9 Å². The molecule has 0 saturated heterocycles. The standard InChI is InChI=1S/C13H10Cl3NO/c14-10-2-1-8(5-11(10)15)6-13(18)9-3-4-17-7-12(9)16/h1-5,7,13,18H,6H2. The number of nitrogens with zero attached hydrogens (tertiary/aromatic N) is 1. The van der Waals surface area contributed by atoms with Crippen LogP contribution in [-0.2, 0) is 6.42 Å². The fourth-order valence-corrected chi connectivity index (χ4v) is 2.22. The number of hydrogen-bond donors (Lipinski definition) is 1. The minimum atomic E-state index is -0.697. The van der Waals surface area contributed by atoms with Crippen molar-refractivity contribution in [3.63, 3.8) is 0 Å². The molecular formula is C13H10Cl3NO. The van der Waals surface area contributed by atoms with E-state index in [1.54, 1.807) is 24.4 Å². The lowest BCUT2D eigenvalue weighted by Crippen LogP contribution is -2.02. The van der Waals surface area contributed by atoms with E-state index in [4.69, 9.17) is 34.8 Å². The Morgan fingerprint density at radius 2 is 1.83 bits per heavy atom. The Kier molecular flexibility index (Phi) is 4.46. The summed E-state index contributed by atoms with van der Waals surface area (Å²) in [5.41, 5.74) is 1.54. The van der Waals surface area contributed by atoms with Crippen molar-refractivity contribution in [2.24, 2.45) is 0 Å². The fraction of sp³-hybridized carbons (Fsp3) is 0.154. The van der Waals surface area contributed by atoms with Gasteiger partial charge in [-0.2, -0.15) is 0 Å². The van der Waals surface area contributed by atoms with Gasteiger partial charge in [0.2, 0.25) is 0 Å². The van der Waals surface area contributed by atoms with Crippen molar-refractivity contribution in [1.29, 1.82) is 0 Å². The summed E-state index contributed by atoms with van der Waals surface area (Å²) in [5, 5.41) is 11.5. The Bertz CT molecular complexity index is 560. The highest BCUT2D eigenvalue weighted by Crippen LogP contribution is 2.27. The first kappa shape index (κ1) is 13.6. The van der Waals surface area contributed by atoms with Crippen LogP contribution in [0.25, 0.3) is 0 Å². The Labute approximate surface area is 120 Å². The molecule has 0 fully saturated rings. The summed E-state index contributed by atoms with van der Waals surface area (Å²) < 4.78 is 0. The SMILES string of the molecule is OC(Cc1ccc(Cl)c(Cl)c1)c1ccncc1Cl. The minimum Gasteiger partial charge on any atom is -0.388 e. The van der Waals surface area contributed by atoms with Crippen molar-refractivity contribution in [1.82, 2.24) is 4.98 Å². The molecule has 1 heterocycles. The van der Waals surface area contributed by atoms with Gasteiger partial charge in [0, 0.05) is 24.4 Å². The van der Waals surface area contributed by atoms with Crippen molar-refractivity contribution >= 4 is 34.8 Å². The van der Waals surface area contributed by atoms with E-state index in [1.807, 2.05) is 6.07 Å². The molecule has 1 atom stereocenters. The molecule has 0 aliphatic rings. The third kappa shape index (κ3) is 3.15. The van der Waals surface area contributed by atoms with E-state index in [0.29, 0.717) is 27.1 Å². The zero-order valence-electron chi connectivity index (χ0n) is 9.28. The van der Waals surface area contributed by atoms with Crippen molar-refractivity contribution in [2.45, 2.75) is 12.5 Å². The van der Waals surface area contributed by atoms with E-state index in [-0.39, 0.29) is 0 Å². The van der Waals surface area contributed by atoms with Crippen LogP contribution >= 0.6 is 34.8 Å². The highest BCUT2D eigenvalue weighted by atomic mass is 35.5. The van der Waals surface area contributed by atoms with Crippen LogP contribution in [0.4, 0.5) is 0 Å². The molecule has 0 radical (unpaired) electrons. The van der Waals surface area contributed by atoms with Crippen LogP contribution in [0.1, 0.15) is 17.2 Å². The Morgan fingerprint density at radius 1 is 1.06 bits per heavy atom. The molecule has 0 spiro atoms. The number of pyridine rings is 1. The fourth-order valence-electron chi connectivity index (χ4n) is 1.66. The molecule has 2 nitrogen and oxygen atoms in total. The minimum absolute atomic E-state index is 0.417. The van der Waals surface area contributed by atoms with Crippen LogP contribution in [0, 0.1) is 0 Å². The molecule has 0 aliphatic heterocycles. The van der Waals surface area contributed by atoms with Gasteiger partial charge in [-0.25, -0.2) is 0 Å². The van der Waals surface area contributed by atoms with E-state index < -0.39 is 6.10 Å². The maximum absolute atomic E-state index is 10.1. The number of hydrogen-bond acceptors (Lipinski definition) is 2. The van der Waals surface area contributed by atoms with Gasteiger partial charge in [-0.1, -0.05) is 40.9 Å². The molecule has 2 rings (SSSR count). The van der Waals surface area contributed by atoms with Gasteiger partial charge in [-0.05, 0) is 23.8 Å². The summed E-state index contributed by atoms with van der Waals surface area (Å²) in [5.74, 6) is 0. The predicted molar refractivity (Wildman–Crippen MR) is 74.4 cm³/mol. The first-order chi connectivity index (χ1) is 8.58. The van der Waals surface area contributed by atoms with Crippen LogP contribution in [0.15, 0.2) is 36.7 Å². The second-order valence-electron chi connectivity index (χ2n) is 3.87. The van der Waals surface area contributed by atoms with Gasteiger partial charge in [0.25, 0.3) is 0 Å². The summed E-state index contributed by atoms with van der Waals surface area (Å²) in [6, 6.07) is 6.97. The van der Waals surface area contributed by atoms with Crippen LogP contribution in [0.5, 0.6) is 0 Å². The number of benzene rings is 1. The predicted octanol–water partition coefficient (Wildman–Crippen LogP) is 4.32. The molecular weight excluding hydrogens is 293 g/mol. The van der Waals surface area contributed by atoms with E-state index in [9.17, 15) is 5.11 Å². The second kappa shape index (κ2) is 5.89. The zero-order valence-corrected chi connectivity index (χ0v) is 11.5. The number of aliphatic hydroxyl groups is 1. The summed E-state index contributed by atoms with van der Waals surface area (Å²) >= 11 is 17.7. The molecule has 0 aliphatic carbocycles. The van der Waals surface area contributed by atoms with E-state index in [1.165, 1.54) is 6.20 Å². The largest absolute Gasteiger partial charge is 0.388 e. The van der Waals surface area contributed by atoms with E-state index in [2.05, 4.69) is 4.98 Å². The van der Waals surface area contributed by atoms with Crippen molar-refractivity contribution in [3.8, 4) is 0 Å². The third-order valence-corrected chi connectivity index (χ3v) is 3.63. The first-order valence-corrected chi connectivity index (χ1v) is 6.42. The molecule has 1 N–H and O–H groups in total. The third-order valence-electron chi connectivity index (χ3n) is 2.58. The maximum Gasteiger partial charge on any atom is 0.0845 e. The number of aliphatic hydroxyl groups excluding tert-OH is 1. The molecule has 1 aromatic carbocycles. The average molecular weight is 303 g/mol. The Morgan fingerprint density at radius 3 is 2.50 bits per heavy atom. The molecule has 0 bridgehead atoms. The molecule has 1 unspecified atom stereocenters. The zero-order chi connectivity index (χ0) is 13.1. The molecule has 5 heteroatoms. The summed E-state index contributed by atoms with van der Waals surface area (Å²) in [6.45, 7) is 0. The van der Waals surface area contributed by atoms with Gasteiger partial charge in [-0.3, -0.25) is 4.98 Å². The molecule has 2 aromatic rings. The lowest BCUT2D eigenvalue weighted by Gasteiger charge is -2.12. The van der Waals surface area contributed by atoms with Crippen molar-refractivity contribution in [2.75, 3.05) is 0 Å². The van der Waals surface area contributed by atoms with E-state index in [0.717, 1.165) is 5.56 Å². The topological polar surface area (TPSA) is 33.1 Å². The lowest BCUT2D eigenvalue weighted by molar-refractivity contribution is 0.178. The average Bonchev–Trinajstić information content (AvgIpc) is 2.34. The summed E-state index contributed by atoms with van der Waals surface area (Å²) in [6.07, 6.45) is 2.83. The van der Waals surface area contributed by atoms with Crippen molar-refractivity contribution < 1.29 is 5.11 Å².